The Labute approximate surface area is 222 Å². The molecule has 8 nitrogen and oxygen atoms in total. The van der Waals surface area contributed by atoms with Crippen LogP contribution in [0.25, 0.3) is 0 Å². The first kappa shape index (κ1) is 29.1. The maximum absolute atomic E-state index is 13.2. The number of aliphatic hydroxyl groups excluding tert-OH is 1. The van der Waals surface area contributed by atoms with Crippen molar-refractivity contribution >= 4 is 43.4 Å². The van der Waals surface area contributed by atoms with Crippen LogP contribution >= 0.6 is 15.9 Å². The average molecular weight is 604 g/mol. The summed E-state index contributed by atoms with van der Waals surface area (Å²) >= 11 is 3.36. The van der Waals surface area contributed by atoms with E-state index in [1.165, 1.54) is 18.3 Å². The summed E-state index contributed by atoms with van der Waals surface area (Å²) in [6, 6.07) is 4.49. The van der Waals surface area contributed by atoms with Crippen LogP contribution in [0.5, 0.6) is 0 Å². The van der Waals surface area contributed by atoms with Gasteiger partial charge in [-0.25, -0.2) is 18.1 Å². The molecule has 1 unspecified atom stereocenters. The molecule has 202 valence electrons. The highest BCUT2D eigenvalue weighted by Gasteiger charge is 2.37. The van der Waals surface area contributed by atoms with Gasteiger partial charge in [0.1, 0.15) is 5.82 Å². The fraction of sp³-hybridized carbons (Fsp3) is 0.417. The molecule has 4 N–H and O–H groups in total. The summed E-state index contributed by atoms with van der Waals surface area (Å²) in [5.41, 5.74) is -0.961. The van der Waals surface area contributed by atoms with Gasteiger partial charge < -0.3 is 15.7 Å². The highest BCUT2D eigenvalue weighted by atomic mass is 79.9. The van der Waals surface area contributed by atoms with Crippen molar-refractivity contribution in [3.8, 4) is 0 Å². The molecule has 0 aliphatic heterocycles. The highest BCUT2D eigenvalue weighted by Crippen LogP contribution is 2.37. The van der Waals surface area contributed by atoms with Crippen molar-refractivity contribution in [2.75, 3.05) is 23.8 Å². The first-order valence-electron chi connectivity index (χ1n) is 11.5. The quantitative estimate of drug-likeness (QED) is 0.295. The van der Waals surface area contributed by atoms with Gasteiger partial charge in [-0.15, -0.1) is 0 Å². The van der Waals surface area contributed by atoms with Gasteiger partial charge >= 0.3 is 6.18 Å². The zero-order chi connectivity index (χ0) is 27.4. The minimum Gasteiger partial charge on any atom is -0.394 e. The Morgan fingerprint density at radius 3 is 2.68 bits per heavy atom. The van der Waals surface area contributed by atoms with E-state index >= 15 is 0 Å². The molecule has 13 heteroatoms. The van der Waals surface area contributed by atoms with Gasteiger partial charge in [0.2, 0.25) is 16.0 Å². The summed E-state index contributed by atoms with van der Waals surface area (Å²) in [5, 5.41) is 15.5. The minimum atomic E-state index is -4.51. The number of aromatic nitrogens is 2. The molecule has 1 aliphatic rings. The van der Waals surface area contributed by atoms with Crippen molar-refractivity contribution in [3.63, 3.8) is 0 Å². The molecule has 0 spiro atoms. The van der Waals surface area contributed by atoms with E-state index in [2.05, 4.69) is 41.3 Å². The Balaban J connectivity index is 1.79. The summed E-state index contributed by atoms with van der Waals surface area (Å²) < 4.78 is 68.8. The number of sulfonamides is 1. The number of nitrogens with zero attached hydrogens (tertiary/aromatic N) is 2. The van der Waals surface area contributed by atoms with Gasteiger partial charge in [0.05, 0.1) is 27.6 Å². The van der Waals surface area contributed by atoms with E-state index in [1.54, 1.807) is 26.0 Å². The number of benzene rings is 1. The van der Waals surface area contributed by atoms with E-state index in [0.29, 0.717) is 28.0 Å². The van der Waals surface area contributed by atoms with Crippen LogP contribution in [0.3, 0.4) is 0 Å². The third-order valence-electron chi connectivity index (χ3n) is 5.91. The molecule has 0 saturated heterocycles. The second-order valence-corrected chi connectivity index (χ2v) is 11.7. The predicted molar refractivity (Wildman–Crippen MR) is 140 cm³/mol. The van der Waals surface area contributed by atoms with Crippen LogP contribution in [0.1, 0.15) is 32.3 Å². The van der Waals surface area contributed by atoms with Crippen LogP contribution in [0, 0.1) is 12.3 Å². The van der Waals surface area contributed by atoms with Crippen LogP contribution in [0.2, 0.25) is 0 Å². The van der Waals surface area contributed by atoms with Crippen molar-refractivity contribution in [1.29, 1.82) is 0 Å². The van der Waals surface area contributed by atoms with Crippen molar-refractivity contribution in [3.05, 3.63) is 58.2 Å². The summed E-state index contributed by atoms with van der Waals surface area (Å²) in [6.45, 7) is 4.84. The van der Waals surface area contributed by atoms with E-state index < -0.39 is 27.2 Å². The lowest BCUT2D eigenvalue weighted by Gasteiger charge is -2.29. The van der Waals surface area contributed by atoms with Crippen LogP contribution in [-0.2, 0) is 10.0 Å². The lowest BCUT2D eigenvalue weighted by molar-refractivity contribution is -0.0893. The fourth-order valence-electron chi connectivity index (χ4n) is 3.67. The monoisotopic (exact) mass is 603 g/mol. The zero-order valence-electron chi connectivity index (χ0n) is 20.5. The van der Waals surface area contributed by atoms with Crippen molar-refractivity contribution in [1.82, 2.24) is 14.7 Å². The molecule has 2 atom stereocenters. The van der Waals surface area contributed by atoms with Gasteiger partial charge in [-0.05, 0) is 53.4 Å². The van der Waals surface area contributed by atoms with Crippen LogP contribution in [-0.4, -0.2) is 48.9 Å². The van der Waals surface area contributed by atoms with Gasteiger partial charge in [-0.2, -0.15) is 18.2 Å². The molecule has 0 amide bonds. The normalized spacial score (nSPS) is 18.9. The Kier molecular flexibility index (Phi) is 9.04. The zero-order valence-corrected chi connectivity index (χ0v) is 22.9. The van der Waals surface area contributed by atoms with Gasteiger partial charge in [0.15, 0.2) is 0 Å². The minimum absolute atomic E-state index is 0.0192. The number of aliphatic hydroxyl groups is 1. The lowest BCUT2D eigenvalue weighted by Crippen LogP contribution is -2.36. The molecule has 1 heterocycles. The molecule has 0 radical (unpaired) electrons. The maximum Gasteiger partial charge on any atom is 0.416 e. The Morgan fingerprint density at radius 1 is 1.30 bits per heavy atom. The first-order chi connectivity index (χ1) is 17.3. The Bertz CT molecular complexity index is 1300. The first-order valence-corrected chi connectivity index (χ1v) is 13.8. The molecule has 0 saturated carbocycles. The molecule has 1 aromatic carbocycles. The molecule has 2 aromatic rings. The van der Waals surface area contributed by atoms with E-state index in [0.717, 1.165) is 12.2 Å². The molecule has 1 aromatic heterocycles. The second-order valence-electron chi connectivity index (χ2n) is 9.11. The summed E-state index contributed by atoms with van der Waals surface area (Å²) in [4.78, 5) is 8.57. The van der Waals surface area contributed by atoms with Gasteiger partial charge in [0, 0.05) is 23.8 Å². The maximum atomic E-state index is 13.2. The number of hydrogen-bond acceptors (Lipinski definition) is 7. The molecular formula is C24H29BrF3N5O3S. The molecule has 37 heavy (non-hydrogen) atoms. The van der Waals surface area contributed by atoms with E-state index in [9.17, 15) is 26.7 Å². The van der Waals surface area contributed by atoms with Crippen molar-refractivity contribution < 1.29 is 26.7 Å². The van der Waals surface area contributed by atoms with Gasteiger partial charge in [0.25, 0.3) is 0 Å². The molecule has 1 aliphatic carbocycles. The molecule has 0 fully saturated rings. The summed E-state index contributed by atoms with van der Waals surface area (Å²) in [6.07, 6.45) is 1.43. The average Bonchev–Trinajstić information content (AvgIpc) is 2.84. The summed E-state index contributed by atoms with van der Waals surface area (Å²) in [5.74, 6) is 0.658. The number of aryl methyl sites for hydroxylation is 1. The topological polar surface area (TPSA) is 116 Å². The smallest absolute Gasteiger partial charge is 0.394 e. The number of alkyl halides is 3. The largest absolute Gasteiger partial charge is 0.416 e. The standard InChI is InChI=1S/C24H29BrF3N5O3S/c1-4-17(13-34)31-21-19(25)12-29-22(33-21)32-18-8-7-15(2)20(10-18)37(35,36)30-14-23(3)9-5-6-16(11-23)24(26,27)28/h5-8,10-12,17,30,34H,4,9,13-14H2,1-3H3,(H2,29,31,32,33)/t17-,23?/m1/s1. The molecular weight excluding hydrogens is 575 g/mol. The number of allylic oxidation sites excluding steroid dienone is 3. The van der Waals surface area contributed by atoms with Gasteiger partial charge in [-0.1, -0.05) is 38.1 Å². The number of hydrogen-bond donors (Lipinski definition) is 4. The van der Waals surface area contributed by atoms with E-state index in [4.69, 9.17) is 0 Å². The molecule has 3 rings (SSSR count). The number of nitrogens with one attached hydrogen (secondary N) is 3. The van der Waals surface area contributed by atoms with Crippen molar-refractivity contribution in [2.24, 2.45) is 5.41 Å². The van der Waals surface area contributed by atoms with Crippen LogP contribution in [0.15, 0.2) is 57.6 Å². The van der Waals surface area contributed by atoms with Crippen molar-refractivity contribution in [2.45, 2.75) is 50.7 Å². The number of halogens is 4. The second kappa shape index (κ2) is 11.5. The number of anilines is 3. The summed E-state index contributed by atoms with van der Waals surface area (Å²) in [7, 11) is -4.05. The Hall–Kier alpha value is -2.48. The number of rotatable bonds is 10. The molecule has 0 bridgehead atoms. The van der Waals surface area contributed by atoms with Crippen LogP contribution < -0.4 is 15.4 Å². The van der Waals surface area contributed by atoms with E-state index in [1.807, 2.05) is 6.92 Å². The highest BCUT2D eigenvalue weighted by molar-refractivity contribution is 9.10. The third-order valence-corrected chi connectivity index (χ3v) is 8.03. The third kappa shape index (κ3) is 7.53. The fourth-order valence-corrected chi connectivity index (χ4v) is 5.42. The predicted octanol–water partition coefficient (Wildman–Crippen LogP) is 5.21. The van der Waals surface area contributed by atoms with Gasteiger partial charge in [-0.3, -0.25) is 0 Å². The SMILES string of the molecule is CC[C@H](CO)Nc1nc(Nc2ccc(C)c(S(=O)(=O)NCC3(C)C=C(C(F)(F)F)C=CC3)c2)ncc1Br. The lowest BCUT2D eigenvalue weighted by atomic mass is 9.81. The van der Waals surface area contributed by atoms with E-state index in [-0.39, 0.29) is 36.5 Å². The van der Waals surface area contributed by atoms with Crippen LogP contribution in [0.4, 0.5) is 30.6 Å². The Morgan fingerprint density at radius 2 is 2.03 bits per heavy atom.